The van der Waals surface area contributed by atoms with Crippen molar-refractivity contribution in [3.8, 4) is 11.5 Å². The Labute approximate surface area is 119 Å². The molecule has 1 aromatic rings. The molecule has 0 saturated carbocycles. The van der Waals surface area contributed by atoms with Gasteiger partial charge in [-0.05, 0) is 31.0 Å². The van der Waals surface area contributed by atoms with Crippen LogP contribution in [-0.4, -0.2) is 37.4 Å². The summed E-state index contributed by atoms with van der Waals surface area (Å²) in [6, 6.07) is 5.36. The van der Waals surface area contributed by atoms with Crippen LogP contribution in [-0.2, 0) is 11.2 Å². The molecule has 0 aliphatic rings. The first-order chi connectivity index (χ1) is 9.41. The average Bonchev–Trinajstić information content (AvgIpc) is 2.45. The van der Waals surface area contributed by atoms with Crippen molar-refractivity contribution in [1.82, 2.24) is 5.32 Å². The summed E-state index contributed by atoms with van der Waals surface area (Å²) in [6.45, 7) is 3.82. The molecule has 112 valence electrons. The van der Waals surface area contributed by atoms with Crippen molar-refractivity contribution in [2.75, 3.05) is 20.8 Å². The van der Waals surface area contributed by atoms with Crippen LogP contribution in [0.3, 0.4) is 0 Å². The summed E-state index contributed by atoms with van der Waals surface area (Å²) in [7, 11) is 3.12. The van der Waals surface area contributed by atoms with Crippen LogP contribution in [0, 0.1) is 0 Å². The van der Waals surface area contributed by atoms with Crippen LogP contribution in [0.5, 0.6) is 11.5 Å². The van der Waals surface area contributed by atoms with Crippen molar-refractivity contribution in [1.29, 1.82) is 0 Å². The summed E-state index contributed by atoms with van der Waals surface area (Å²) in [5, 5.41) is 12.6. The number of methoxy groups -OCH3 is 2. The normalized spacial score (nSPS) is 13.4. The minimum Gasteiger partial charge on any atom is -0.493 e. The molecule has 0 fully saturated rings. The number of hydrogen-bond acceptors (Lipinski definition) is 4. The first-order valence-electron chi connectivity index (χ1n) is 6.62. The van der Waals surface area contributed by atoms with E-state index < -0.39 is 5.60 Å². The van der Waals surface area contributed by atoms with E-state index in [0.29, 0.717) is 17.9 Å². The number of hydrogen-bond donors (Lipinski definition) is 2. The van der Waals surface area contributed by atoms with Crippen LogP contribution in [0.4, 0.5) is 0 Å². The maximum absolute atomic E-state index is 11.8. The Morgan fingerprint density at radius 3 is 2.50 bits per heavy atom. The molecule has 1 unspecified atom stereocenters. The number of rotatable bonds is 7. The Morgan fingerprint density at radius 2 is 1.95 bits per heavy atom. The Bertz CT molecular complexity index is 457. The number of carbonyl (C=O) groups is 1. The number of benzene rings is 1. The monoisotopic (exact) mass is 281 g/mol. The van der Waals surface area contributed by atoms with Gasteiger partial charge in [-0.2, -0.15) is 0 Å². The molecule has 0 radical (unpaired) electrons. The molecule has 0 bridgehead atoms. The molecular weight excluding hydrogens is 258 g/mol. The predicted molar refractivity (Wildman–Crippen MR) is 77.2 cm³/mol. The average molecular weight is 281 g/mol. The zero-order chi connectivity index (χ0) is 15.2. The fourth-order valence-electron chi connectivity index (χ4n) is 1.65. The molecule has 0 heterocycles. The van der Waals surface area contributed by atoms with Crippen molar-refractivity contribution >= 4 is 5.91 Å². The highest BCUT2D eigenvalue weighted by Crippen LogP contribution is 2.27. The molecular formula is C15H23NO4. The van der Waals surface area contributed by atoms with Crippen molar-refractivity contribution in [2.45, 2.75) is 32.3 Å². The lowest BCUT2D eigenvalue weighted by Crippen LogP contribution is -2.40. The highest BCUT2D eigenvalue weighted by molar-refractivity contribution is 5.78. The SMILES string of the molecule is CCC(C)(O)CNC(=O)Cc1ccc(OC)c(OC)c1. The van der Waals surface area contributed by atoms with Gasteiger partial charge in [0.05, 0.1) is 26.2 Å². The lowest BCUT2D eigenvalue weighted by Gasteiger charge is -2.21. The first-order valence-corrected chi connectivity index (χ1v) is 6.62. The molecule has 0 saturated heterocycles. The smallest absolute Gasteiger partial charge is 0.224 e. The van der Waals surface area contributed by atoms with E-state index in [2.05, 4.69) is 5.32 Å². The predicted octanol–water partition coefficient (Wildman–Crippen LogP) is 1.52. The number of aliphatic hydroxyl groups is 1. The summed E-state index contributed by atoms with van der Waals surface area (Å²) in [6.07, 6.45) is 0.823. The minimum absolute atomic E-state index is 0.133. The van der Waals surface area contributed by atoms with Gasteiger partial charge < -0.3 is 19.9 Å². The Morgan fingerprint density at radius 1 is 1.30 bits per heavy atom. The van der Waals surface area contributed by atoms with Gasteiger partial charge >= 0.3 is 0 Å². The summed E-state index contributed by atoms with van der Waals surface area (Å²) >= 11 is 0. The van der Waals surface area contributed by atoms with Crippen molar-refractivity contribution in [3.05, 3.63) is 23.8 Å². The molecule has 0 aromatic heterocycles. The zero-order valence-electron chi connectivity index (χ0n) is 12.5. The first kappa shape index (κ1) is 16.3. The van der Waals surface area contributed by atoms with Gasteiger partial charge in [0, 0.05) is 6.54 Å². The molecule has 1 rings (SSSR count). The third-order valence-electron chi connectivity index (χ3n) is 3.24. The van der Waals surface area contributed by atoms with Crippen LogP contribution in [0.15, 0.2) is 18.2 Å². The van der Waals surface area contributed by atoms with Gasteiger partial charge in [0.25, 0.3) is 0 Å². The molecule has 2 N–H and O–H groups in total. The molecule has 1 amide bonds. The number of carbonyl (C=O) groups excluding carboxylic acids is 1. The van der Waals surface area contributed by atoms with Crippen LogP contribution in [0.25, 0.3) is 0 Å². The molecule has 1 aromatic carbocycles. The summed E-state index contributed by atoms with van der Waals surface area (Å²) in [5.41, 5.74) is -0.0379. The van der Waals surface area contributed by atoms with Gasteiger partial charge in [-0.1, -0.05) is 13.0 Å². The quantitative estimate of drug-likeness (QED) is 0.795. The number of nitrogens with one attached hydrogen (secondary N) is 1. The van der Waals surface area contributed by atoms with Gasteiger partial charge in [0.2, 0.25) is 5.91 Å². The van der Waals surface area contributed by atoms with E-state index in [1.807, 2.05) is 13.0 Å². The fourth-order valence-corrected chi connectivity index (χ4v) is 1.65. The fraction of sp³-hybridized carbons (Fsp3) is 0.533. The second kappa shape index (κ2) is 7.14. The highest BCUT2D eigenvalue weighted by atomic mass is 16.5. The highest BCUT2D eigenvalue weighted by Gasteiger charge is 2.18. The lowest BCUT2D eigenvalue weighted by molar-refractivity contribution is -0.121. The van der Waals surface area contributed by atoms with Crippen molar-refractivity contribution in [3.63, 3.8) is 0 Å². The molecule has 0 aliphatic carbocycles. The van der Waals surface area contributed by atoms with Gasteiger partial charge in [-0.15, -0.1) is 0 Å². The van der Waals surface area contributed by atoms with E-state index in [1.165, 1.54) is 0 Å². The van der Waals surface area contributed by atoms with Crippen LogP contribution in [0.2, 0.25) is 0 Å². The molecule has 5 nitrogen and oxygen atoms in total. The molecule has 0 aliphatic heterocycles. The summed E-state index contributed by atoms with van der Waals surface area (Å²) in [5.74, 6) is 1.09. The second-order valence-electron chi connectivity index (χ2n) is 4.99. The van der Waals surface area contributed by atoms with Crippen LogP contribution in [0.1, 0.15) is 25.8 Å². The van der Waals surface area contributed by atoms with E-state index in [-0.39, 0.29) is 18.9 Å². The van der Waals surface area contributed by atoms with E-state index in [9.17, 15) is 9.90 Å². The van der Waals surface area contributed by atoms with Gasteiger partial charge in [-0.25, -0.2) is 0 Å². The van der Waals surface area contributed by atoms with Crippen LogP contribution < -0.4 is 14.8 Å². The largest absolute Gasteiger partial charge is 0.493 e. The maximum atomic E-state index is 11.8. The maximum Gasteiger partial charge on any atom is 0.224 e. The standard InChI is InChI=1S/C15H23NO4/c1-5-15(2,18)10-16-14(17)9-11-6-7-12(19-3)13(8-11)20-4/h6-8,18H,5,9-10H2,1-4H3,(H,16,17). The third-order valence-corrected chi connectivity index (χ3v) is 3.24. The number of ether oxygens (including phenoxy) is 2. The minimum atomic E-state index is -0.868. The van der Waals surface area contributed by atoms with E-state index in [0.717, 1.165) is 5.56 Å². The summed E-state index contributed by atoms with van der Waals surface area (Å²) < 4.78 is 10.3. The van der Waals surface area contributed by atoms with Gasteiger partial charge in [0.1, 0.15) is 0 Å². The molecule has 1 atom stereocenters. The zero-order valence-corrected chi connectivity index (χ0v) is 12.5. The molecule has 0 spiro atoms. The lowest BCUT2D eigenvalue weighted by atomic mass is 10.0. The van der Waals surface area contributed by atoms with Crippen LogP contribution >= 0.6 is 0 Å². The molecule has 20 heavy (non-hydrogen) atoms. The topological polar surface area (TPSA) is 67.8 Å². The van der Waals surface area contributed by atoms with Gasteiger partial charge in [-0.3, -0.25) is 4.79 Å². The van der Waals surface area contributed by atoms with E-state index in [1.54, 1.807) is 33.3 Å². The Hall–Kier alpha value is -1.75. The van der Waals surface area contributed by atoms with E-state index >= 15 is 0 Å². The number of amides is 1. The third kappa shape index (κ3) is 4.74. The Balaban J connectivity index is 2.62. The van der Waals surface area contributed by atoms with Crippen molar-refractivity contribution < 1.29 is 19.4 Å². The van der Waals surface area contributed by atoms with Crippen molar-refractivity contribution in [2.24, 2.45) is 0 Å². The second-order valence-corrected chi connectivity index (χ2v) is 4.99. The molecule has 5 heteroatoms. The van der Waals surface area contributed by atoms with E-state index in [4.69, 9.17) is 9.47 Å². The Kier molecular flexibility index (Phi) is 5.82. The van der Waals surface area contributed by atoms with Gasteiger partial charge in [0.15, 0.2) is 11.5 Å². The summed E-state index contributed by atoms with van der Waals surface area (Å²) in [4.78, 5) is 11.8.